The smallest absolute Gasteiger partial charge is 0.228 e. The molecule has 2 aromatic carbocycles. The molecule has 2 rings (SSSR count). The standard InChI is InChI=1S/C15H12ClFN2OS/c16-11-7-10(15(18)21)5-6-13(11)19-14(20)8-9-3-1-2-4-12(9)17/h1-7H,8H2,(H2,18,21)(H,19,20). The van der Waals surface area contributed by atoms with E-state index in [1.54, 1.807) is 36.4 Å². The Bertz CT molecular complexity index is 706. The largest absolute Gasteiger partial charge is 0.389 e. The zero-order valence-corrected chi connectivity index (χ0v) is 12.5. The molecule has 0 saturated carbocycles. The van der Waals surface area contributed by atoms with Crippen LogP contribution in [0.5, 0.6) is 0 Å². The molecule has 0 aliphatic rings. The summed E-state index contributed by atoms with van der Waals surface area (Å²) < 4.78 is 13.5. The summed E-state index contributed by atoms with van der Waals surface area (Å²) in [4.78, 5) is 12.1. The number of hydrogen-bond acceptors (Lipinski definition) is 2. The van der Waals surface area contributed by atoms with E-state index in [4.69, 9.17) is 29.6 Å². The number of nitrogens with one attached hydrogen (secondary N) is 1. The molecule has 3 N–H and O–H groups in total. The molecule has 0 heterocycles. The number of rotatable bonds is 4. The fraction of sp³-hybridized carbons (Fsp3) is 0.0667. The van der Waals surface area contributed by atoms with Crippen LogP contribution in [0.1, 0.15) is 11.1 Å². The number of hydrogen-bond donors (Lipinski definition) is 2. The van der Waals surface area contributed by atoms with Crippen LogP contribution in [0.25, 0.3) is 0 Å². The average Bonchev–Trinajstić information content (AvgIpc) is 2.43. The molecule has 2 aromatic rings. The molecule has 0 aliphatic carbocycles. The second kappa shape index (κ2) is 6.65. The van der Waals surface area contributed by atoms with Gasteiger partial charge in [-0.15, -0.1) is 0 Å². The van der Waals surface area contributed by atoms with Crippen molar-refractivity contribution < 1.29 is 9.18 Å². The van der Waals surface area contributed by atoms with E-state index in [0.717, 1.165) is 0 Å². The molecule has 0 aliphatic heterocycles. The minimum absolute atomic E-state index is 0.0694. The maximum atomic E-state index is 13.5. The third-order valence-corrected chi connectivity index (χ3v) is 3.38. The van der Waals surface area contributed by atoms with Gasteiger partial charge in [0.05, 0.1) is 17.1 Å². The molecule has 0 spiro atoms. The highest BCUT2D eigenvalue weighted by Crippen LogP contribution is 2.23. The van der Waals surface area contributed by atoms with Gasteiger partial charge >= 0.3 is 0 Å². The van der Waals surface area contributed by atoms with Crippen molar-refractivity contribution in [2.45, 2.75) is 6.42 Å². The lowest BCUT2D eigenvalue weighted by atomic mass is 10.1. The number of benzene rings is 2. The molecule has 3 nitrogen and oxygen atoms in total. The number of thiocarbonyl (C=S) groups is 1. The highest BCUT2D eigenvalue weighted by Gasteiger charge is 2.10. The number of amides is 1. The Morgan fingerprint density at radius 1 is 1.29 bits per heavy atom. The number of anilines is 1. The minimum atomic E-state index is -0.414. The van der Waals surface area contributed by atoms with Crippen molar-refractivity contribution in [1.29, 1.82) is 0 Å². The molecule has 0 unspecified atom stereocenters. The Morgan fingerprint density at radius 3 is 2.62 bits per heavy atom. The van der Waals surface area contributed by atoms with E-state index < -0.39 is 5.82 Å². The molecular weight excluding hydrogens is 311 g/mol. The van der Waals surface area contributed by atoms with E-state index >= 15 is 0 Å². The highest BCUT2D eigenvalue weighted by molar-refractivity contribution is 7.80. The number of carbonyl (C=O) groups excluding carboxylic acids is 1. The van der Waals surface area contributed by atoms with E-state index in [2.05, 4.69) is 5.32 Å². The highest BCUT2D eigenvalue weighted by atomic mass is 35.5. The van der Waals surface area contributed by atoms with Gasteiger partial charge in [0.25, 0.3) is 0 Å². The molecule has 0 aromatic heterocycles. The van der Waals surface area contributed by atoms with Crippen molar-refractivity contribution in [2.24, 2.45) is 5.73 Å². The topological polar surface area (TPSA) is 55.1 Å². The summed E-state index contributed by atoms with van der Waals surface area (Å²) in [5, 5.41) is 2.95. The van der Waals surface area contributed by atoms with Crippen molar-refractivity contribution in [3.05, 3.63) is 64.4 Å². The van der Waals surface area contributed by atoms with Crippen LogP contribution in [0.15, 0.2) is 42.5 Å². The maximum absolute atomic E-state index is 13.5. The Balaban J connectivity index is 2.10. The Hall–Kier alpha value is -1.98. The maximum Gasteiger partial charge on any atom is 0.228 e. The molecule has 0 fully saturated rings. The summed E-state index contributed by atoms with van der Waals surface area (Å²) in [6.07, 6.45) is -0.0694. The first-order chi connectivity index (χ1) is 9.97. The summed E-state index contributed by atoms with van der Waals surface area (Å²) in [6.45, 7) is 0. The van der Waals surface area contributed by atoms with Gasteiger partial charge in [0.1, 0.15) is 10.8 Å². The lowest BCUT2D eigenvalue weighted by molar-refractivity contribution is -0.115. The third-order valence-electron chi connectivity index (χ3n) is 2.84. The van der Waals surface area contributed by atoms with Crippen molar-refractivity contribution in [3.8, 4) is 0 Å². The van der Waals surface area contributed by atoms with E-state index in [1.165, 1.54) is 6.07 Å². The fourth-order valence-electron chi connectivity index (χ4n) is 1.78. The second-order valence-electron chi connectivity index (χ2n) is 4.38. The molecule has 1 amide bonds. The van der Waals surface area contributed by atoms with Crippen molar-refractivity contribution in [3.63, 3.8) is 0 Å². The van der Waals surface area contributed by atoms with Gasteiger partial charge in [-0.05, 0) is 29.8 Å². The number of nitrogens with two attached hydrogens (primary N) is 1. The lowest BCUT2D eigenvalue weighted by Crippen LogP contribution is -2.16. The van der Waals surface area contributed by atoms with Gasteiger partial charge in [-0.3, -0.25) is 4.79 Å². The van der Waals surface area contributed by atoms with Crippen molar-refractivity contribution in [2.75, 3.05) is 5.32 Å². The van der Waals surface area contributed by atoms with Crippen LogP contribution in [-0.4, -0.2) is 10.9 Å². The summed E-state index contributed by atoms with van der Waals surface area (Å²) in [5.74, 6) is -0.771. The first-order valence-electron chi connectivity index (χ1n) is 6.10. The average molecular weight is 323 g/mol. The Labute approximate surface area is 131 Å². The molecule has 21 heavy (non-hydrogen) atoms. The predicted molar refractivity (Wildman–Crippen MR) is 86.1 cm³/mol. The molecule has 108 valence electrons. The van der Waals surface area contributed by atoms with E-state index in [0.29, 0.717) is 21.8 Å². The van der Waals surface area contributed by atoms with Gasteiger partial charge in [-0.1, -0.05) is 42.0 Å². The third kappa shape index (κ3) is 4.00. The first-order valence-corrected chi connectivity index (χ1v) is 6.88. The minimum Gasteiger partial charge on any atom is -0.389 e. The Kier molecular flexibility index (Phi) is 4.88. The van der Waals surface area contributed by atoms with Gasteiger partial charge < -0.3 is 11.1 Å². The Morgan fingerprint density at radius 2 is 2.00 bits per heavy atom. The van der Waals surface area contributed by atoms with Crippen LogP contribution in [0.3, 0.4) is 0 Å². The zero-order chi connectivity index (χ0) is 15.4. The number of carbonyl (C=O) groups is 1. The van der Waals surface area contributed by atoms with E-state index in [9.17, 15) is 9.18 Å². The number of halogens is 2. The molecule has 0 bridgehead atoms. The van der Waals surface area contributed by atoms with Crippen LogP contribution in [0.2, 0.25) is 5.02 Å². The van der Waals surface area contributed by atoms with Gasteiger partial charge in [0.15, 0.2) is 0 Å². The van der Waals surface area contributed by atoms with Gasteiger partial charge in [0.2, 0.25) is 5.91 Å². The summed E-state index contributed by atoms with van der Waals surface area (Å²) in [5.41, 5.74) is 6.86. The molecule has 0 atom stereocenters. The van der Waals surface area contributed by atoms with Crippen LogP contribution < -0.4 is 11.1 Å². The van der Waals surface area contributed by atoms with Crippen LogP contribution in [0, 0.1) is 5.82 Å². The van der Waals surface area contributed by atoms with Gasteiger partial charge in [0, 0.05) is 5.56 Å². The van der Waals surface area contributed by atoms with Crippen LogP contribution in [0.4, 0.5) is 10.1 Å². The van der Waals surface area contributed by atoms with Gasteiger partial charge in [-0.25, -0.2) is 4.39 Å². The SMILES string of the molecule is NC(=S)c1ccc(NC(=O)Cc2ccccc2F)c(Cl)c1. The molecule has 6 heteroatoms. The van der Waals surface area contributed by atoms with Gasteiger partial charge in [-0.2, -0.15) is 0 Å². The summed E-state index contributed by atoms with van der Waals surface area (Å²) in [7, 11) is 0. The molecular formula is C15H12ClFN2OS. The van der Waals surface area contributed by atoms with Crippen molar-refractivity contribution in [1.82, 2.24) is 0 Å². The van der Waals surface area contributed by atoms with Crippen LogP contribution in [-0.2, 0) is 11.2 Å². The second-order valence-corrected chi connectivity index (χ2v) is 5.22. The van der Waals surface area contributed by atoms with Crippen LogP contribution >= 0.6 is 23.8 Å². The van der Waals surface area contributed by atoms with E-state index in [1.807, 2.05) is 0 Å². The monoisotopic (exact) mass is 322 g/mol. The quantitative estimate of drug-likeness (QED) is 0.849. The molecule has 0 radical (unpaired) electrons. The lowest BCUT2D eigenvalue weighted by Gasteiger charge is -2.09. The fourth-order valence-corrected chi connectivity index (χ4v) is 2.13. The first kappa shape index (κ1) is 15.4. The van der Waals surface area contributed by atoms with E-state index in [-0.39, 0.29) is 17.3 Å². The molecule has 0 saturated heterocycles. The zero-order valence-electron chi connectivity index (χ0n) is 10.9. The normalized spacial score (nSPS) is 10.2. The van der Waals surface area contributed by atoms with Crippen molar-refractivity contribution >= 4 is 40.4 Å². The summed E-state index contributed by atoms with van der Waals surface area (Å²) >= 11 is 10.9. The predicted octanol–water partition coefficient (Wildman–Crippen LogP) is 3.29. The summed E-state index contributed by atoms with van der Waals surface area (Å²) in [6, 6.07) is 11.0.